The summed E-state index contributed by atoms with van der Waals surface area (Å²) in [7, 11) is 5.61. The number of carbonyl (C=O) groups is 4. The van der Waals surface area contributed by atoms with Crippen molar-refractivity contribution in [1.82, 2.24) is 40.0 Å². The average Bonchev–Trinajstić information content (AvgIpc) is 4.07. The van der Waals surface area contributed by atoms with E-state index < -0.39 is 36.5 Å². The molecule has 3 aliphatic rings. The zero-order valence-corrected chi connectivity index (χ0v) is 33.1. The van der Waals surface area contributed by atoms with E-state index in [2.05, 4.69) is 51.7 Å². The number of benzene rings is 2. The Morgan fingerprint density at radius 2 is 1.32 bits per heavy atom. The molecular weight excluding hydrogens is 732 g/mol. The van der Waals surface area contributed by atoms with Gasteiger partial charge in [-0.1, -0.05) is 24.3 Å². The van der Waals surface area contributed by atoms with E-state index in [1.54, 1.807) is 36.0 Å². The van der Waals surface area contributed by atoms with Crippen LogP contribution in [0.2, 0.25) is 0 Å². The van der Waals surface area contributed by atoms with E-state index in [-0.39, 0.29) is 23.9 Å². The molecule has 0 bridgehead atoms. The molecule has 16 nitrogen and oxygen atoms in total. The van der Waals surface area contributed by atoms with Crippen LogP contribution in [-0.4, -0.2) is 130 Å². The number of hydrogen-bond donors (Lipinski definition) is 4. The maximum atomic E-state index is 13.8. The number of fused-ring (bicyclic) bond motifs is 3. The quantitative estimate of drug-likeness (QED) is 0.132. The number of methoxy groups -OCH3 is 3. The molecule has 1 aliphatic carbocycles. The van der Waals surface area contributed by atoms with Crippen molar-refractivity contribution in [3.8, 4) is 33.6 Å². The third kappa shape index (κ3) is 7.58. The predicted molar refractivity (Wildman–Crippen MR) is 209 cm³/mol. The number of hydrogen-bond acceptors (Lipinski definition) is 9. The minimum absolute atomic E-state index is 0.251. The van der Waals surface area contributed by atoms with Gasteiger partial charge in [0.05, 0.1) is 55.2 Å². The van der Waals surface area contributed by atoms with Crippen molar-refractivity contribution >= 4 is 24.0 Å². The molecule has 2 aliphatic heterocycles. The molecule has 2 aromatic heterocycles. The normalized spacial score (nSPS) is 19.4. The molecule has 0 radical (unpaired) electrons. The van der Waals surface area contributed by atoms with Crippen molar-refractivity contribution in [1.29, 1.82) is 0 Å². The number of alkyl carbamates (subject to hydrolysis) is 1. The fraction of sp³-hybridized carbons (Fsp3) is 0.463. The summed E-state index contributed by atoms with van der Waals surface area (Å²) < 4.78 is 15.6. The second-order valence-corrected chi connectivity index (χ2v) is 15.0. The number of rotatable bonds is 12. The molecule has 16 heteroatoms. The molecule has 4 heterocycles. The molecular formula is C41H50N8O8. The van der Waals surface area contributed by atoms with Crippen molar-refractivity contribution < 1.29 is 38.5 Å². The molecule has 2 aromatic carbocycles. The highest BCUT2D eigenvalue weighted by Crippen LogP contribution is 2.41. The topological polar surface area (TPSA) is 195 Å². The molecule has 2 saturated heterocycles. The van der Waals surface area contributed by atoms with Gasteiger partial charge >= 0.3 is 12.2 Å². The molecule has 0 spiro atoms. The lowest BCUT2D eigenvalue weighted by molar-refractivity contribution is -0.141. The minimum Gasteiger partial charge on any atom is -0.465 e. The van der Waals surface area contributed by atoms with Gasteiger partial charge in [-0.15, -0.1) is 0 Å². The number of imidazole rings is 2. The molecule has 1 unspecified atom stereocenters. The highest BCUT2D eigenvalue weighted by atomic mass is 16.5. The highest BCUT2D eigenvalue weighted by molar-refractivity contribution is 5.88. The molecule has 6 atom stereocenters. The predicted octanol–water partition coefficient (Wildman–Crippen LogP) is 5.14. The molecule has 7 rings (SSSR count). The number of aromatic nitrogens is 4. The Labute approximate surface area is 330 Å². The van der Waals surface area contributed by atoms with Crippen LogP contribution in [0.4, 0.5) is 9.59 Å². The van der Waals surface area contributed by atoms with Gasteiger partial charge in [-0.3, -0.25) is 14.5 Å². The van der Waals surface area contributed by atoms with Gasteiger partial charge in [-0.25, -0.2) is 19.6 Å². The van der Waals surface area contributed by atoms with Crippen LogP contribution in [0, 0.1) is 0 Å². The number of amides is 4. The summed E-state index contributed by atoms with van der Waals surface area (Å²) in [5.41, 5.74) is 8.36. The number of aromatic amines is 2. The Hall–Kier alpha value is -5.74. The Morgan fingerprint density at radius 3 is 1.79 bits per heavy atom. The summed E-state index contributed by atoms with van der Waals surface area (Å²) in [4.78, 5) is 72.1. The summed E-state index contributed by atoms with van der Waals surface area (Å²) in [6, 6.07) is 10.3. The molecule has 57 heavy (non-hydrogen) atoms. The van der Waals surface area contributed by atoms with Crippen LogP contribution < -0.4 is 5.32 Å². The molecule has 0 saturated carbocycles. The smallest absolute Gasteiger partial charge is 0.407 e. The van der Waals surface area contributed by atoms with Crippen LogP contribution in [0.1, 0.15) is 74.4 Å². The molecule has 2 fully saturated rings. The minimum atomic E-state index is -1.19. The lowest BCUT2D eigenvalue weighted by Gasteiger charge is -2.34. The Bertz CT molecular complexity index is 2150. The summed E-state index contributed by atoms with van der Waals surface area (Å²) in [5.74, 6) is 0.796. The van der Waals surface area contributed by atoms with Crippen LogP contribution in [0.5, 0.6) is 0 Å². The van der Waals surface area contributed by atoms with E-state index in [1.165, 1.54) is 50.6 Å². The van der Waals surface area contributed by atoms with Gasteiger partial charge < -0.3 is 44.4 Å². The standard InChI is InChI=1S/C41H50N8O8/c1-22(55-4)34(46-40(52)57-6)38(50)48-15-7-9-32(48)36-42-20-30(44-36)24-11-13-28-26(17-24)19-27-18-25(12-14-29(27)28)31-21-43-37(45-31)33-10-8-16-49(33)39(51)35(23(2)56-5)47(3)41(53)54/h11-14,17-18,20-23,32-35H,7-10,15-16,19H2,1-6H3,(H,42,44)(H,43,45)(H,46,52)(H,53,54)/t22?,23-,32+,33+,34+,35+/m1/s1. The van der Waals surface area contributed by atoms with Crippen molar-refractivity contribution in [2.24, 2.45) is 0 Å². The summed E-state index contributed by atoms with van der Waals surface area (Å²) >= 11 is 0. The second-order valence-electron chi connectivity index (χ2n) is 15.0. The Balaban J connectivity index is 1.05. The summed E-state index contributed by atoms with van der Waals surface area (Å²) in [6.07, 6.45) is 4.28. The number of carbonyl (C=O) groups excluding carboxylic acids is 3. The lowest BCUT2D eigenvalue weighted by Crippen LogP contribution is -2.54. The molecule has 4 N–H and O–H groups in total. The summed E-state index contributed by atoms with van der Waals surface area (Å²) in [6.45, 7) is 4.47. The maximum Gasteiger partial charge on any atom is 0.407 e. The van der Waals surface area contributed by atoms with Gasteiger partial charge in [0.15, 0.2) is 0 Å². The third-order valence-electron chi connectivity index (χ3n) is 11.8. The van der Waals surface area contributed by atoms with E-state index in [4.69, 9.17) is 24.2 Å². The zero-order chi connectivity index (χ0) is 40.5. The van der Waals surface area contributed by atoms with Crippen molar-refractivity contribution in [3.63, 3.8) is 0 Å². The van der Waals surface area contributed by atoms with Gasteiger partial charge in [0.1, 0.15) is 23.7 Å². The van der Waals surface area contributed by atoms with Gasteiger partial charge in [0.2, 0.25) is 11.8 Å². The number of likely N-dealkylation sites (N-methyl/N-ethyl adjacent to an activating group) is 1. The van der Waals surface area contributed by atoms with Crippen molar-refractivity contribution in [3.05, 3.63) is 71.6 Å². The molecule has 302 valence electrons. The first-order valence-corrected chi connectivity index (χ1v) is 19.3. The monoisotopic (exact) mass is 782 g/mol. The molecule has 4 amide bonds. The second kappa shape index (κ2) is 16.4. The van der Waals surface area contributed by atoms with Gasteiger partial charge in [0.25, 0.3) is 0 Å². The van der Waals surface area contributed by atoms with Crippen molar-refractivity contribution in [2.45, 2.75) is 82.3 Å². The largest absolute Gasteiger partial charge is 0.465 e. The highest BCUT2D eigenvalue weighted by Gasteiger charge is 2.41. The van der Waals surface area contributed by atoms with Crippen LogP contribution in [0.15, 0.2) is 48.8 Å². The fourth-order valence-corrected chi connectivity index (χ4v) is 8.46. The van der Waals surface area contributed by atoms with E-state index in [9.17, 15) is 24.3 Å². The number of ether oxygens (including phenoxy) is 3. The van der Waals surface area contributed by atoms with Crippen LogP contribution in [0.25, 0.3) is 33.6 Å². The fourth-order valence-electron chi connectivity index (χ4n) is 8.46. The van der Waals surface area contributed by atoms with Crippen LogP contribution >= 0.6 is 0 Å². The van der Waals surface area contributed by atoms with Crippen molar-refractivity contribution in [2.75, 3.05) is 41.5 Å². The first-order chi connectivity index (χ1) is 27.4. The van der Waals surface area contributed by atoms with E-state index >= 15 is 0 Å². The Kier molecular flexibility index (Phi) is 11.4. The maximum absolute atomic E-state index is 13.8. The number of nitrogens with zero attached hydrogens (tertiary/aromatic N) is 5. The zero-order valence-electron chi connectivity index (χ0n) is 33.1. The van der Waals surface area contributed by atoms with E-state index in [1.807, 2.05) is 0 Å². The number of H-pyrrole nitrogens is 2. The van der Waals surface area contributed by atoms with E-state index in [0.29, 0.717) is 31.2 Å². The number of nitrogens with one attached hydrogen (secondary N) is 3. The van der Waals surface area contributed by atoms with Gasteiger partial charge in [-0.2, -0.15) is 0 Å². The number of likely N-dealkylation sites (tertiary alicyclic amines) is 2. The summed E-state index contributed by atoms with van der Waals surface area (Å²) in [5, 5.41) is 12.3. The first-order valence-electron chi connectivity index (χ1n) is 19.3. The van der Waals surface area contributed by atoms with Gasteiger partial charge in [-0.05, 0) is 91.5 Å². The Morgan fingerprint density at radius 1 is 0.807 bits per heavy atom. The van der Waals surface area contributed by atoms with Crippen LogP contribution in [0.3, 0.4) is 0 Å². The van der Waals surface area contributed by atoms with Gasteiger partial charge in [0, 0.05) is 34.4 Å². The molecule has 4 aromatic rings. The SMILES string of the molecule is COC(=O)N[C@H](C(=O)N1CCC[C@H]1c1ncc(-c2ccc3c(c2)Cc2cc(-c4cnc([C@@H]5CCCN5C(=O)[C@H]([C@@H](C)OC)N(C)C(=O)O)[nH]4)ccc2-3)[nH]1)C(C)OC. The first kappa shape index (κ1) is 39.5. The third-order valence-corrected chi connectivity index (χ3v) is 11.8. The average molecular weight is 783 g/mol. The number of carboxylic acid groups (broad SMARTS) is 1. The van der Waals surface area contributed by atoms with E-state index in [0.717, 1.165) is 53.1 Å². The van der Waals surface area contributed by atoms with Crippen LogP contribution in [-0.2, 0) is 30.2 Å². The lowest BCUT2D eigenvalue weighted by atomic mass is 10.0.